The summed E-state index contributed by atoms with van der Waals surface area (Å²) in [7, 11) is 0. The van der Waals surface area contributed by atoms with E-state index in [2.05, 4.69) is 15.3 Å². The van der Waals surface area contributed by atoms with Crippen LogP contribution >= 0.6 is 23.2 Å². The molecule has 3 N–H and O–H groups in total. The van der Waals surface area contributed by atoms with E-state index in [1.165, 1.54) is 0 Å². The van der Waals surface area contributed by atoms with Gasteiger partial charge in [0.2, 0.25) is 5.91 Å². The molecule has 0 saturated carbocycles. The third-order valence-electron chi connectivity index (χ3n) is 3.64. The Labute approximate surface area is 154 Å². The molecule has 0 aliphatic carbocycles. The molecule has 3 aromatic rings. The van der Waals surface area contributed by atoms with E-state index >= 15 is 0 Å². The predicted octanol–water partition coefficient (Wildman–Crippen LogP) is 3.66. The van der Waals surface area contributed by atoms with Crippen molar-refractivity contribution < 1.29 is 9.90 Å². The fourth-order valence-corrected chi connectivity index (χ4v) is 2.66. The highest BCUT2D eigenvalue weighted by Gasteiger charge is 2.08. The number of halogens is 2. The Bertz CT molecular complexity index is 909. The standard InChI is InChI=1S/C18H15Cl2N3O2/c19-14-5-4-13(7-15(14)20)18-22-9-16(23-18)12-3-1-2-11(6-12)8-21-17(25)10-24/h1-7,9,24H,8,10H2,(H,21,25)(H,22,23). The normalized spacial score (nSPS) is 10.7. The first-order valence-corrected chi connectivity index (χ1v) is 8.29. The highest BCUT2D eigenvalue weighted by atomic mass is 35.5. The van der Waals surface area contributed by atoms with Gasteiger partial charge in [0, 0.05) is 12.1 Å². The van der Waals surface area contributed by atoms with Crippen molar-refractivity contribution in [1.29, 1.82) is 0 Å². The van der Waals surface area contributed by atoms with Gasteiger partial charge in [-0.25, -0.2) is 4.98 Å². The van der Waals surface area contributed by atoms with Crippen molar-refractivity contribution in [3.05, 3.63) is 64.3 Å². The number of aliphatic hydroxyl groups is 1. The van der Waals surface area contributed by atoms with Crippen LogP contribution in [0.3, 0.4) is 0 Å². The van der Waals surface area contributed by atoms with E-state index in [0.717, 1.165) is 22.4 Å². The molecule has 0 saturated heterocycles. The average molecular weight is 376 g/mol. The fraction of sp³-hybridized carbons (Fsp3) is 0.111. The number of aliphatic hydroxyl groups excluding tert-OH is 1. The van der Waals surface area contributed by atoms with E-state index in [0.29, 0.717) is 22.4 Å². The monoisotopic (exact) mass is 375 g/mol. The van der Waals surface area contributed by atoms with E-state index in [-0.39, 0.29) is 0 Å². The van der Waals surface area contributed by atoms with Crippen LogP contribution in [0.4, 0.5) is 0 Å². The quantitative estimate of drug-likeness (QED) is 0.636. The lowest BCUT2D eigenvalue weighted by Gasteiger charge is -2.05. The number of H-pyrrole nitrogens is 1. The van der Waals surface area contributed by atoms with Gasteiger partial charge in [0.25, 0.3) is 0 Å². The van der Waals surface area contributed by atoms with E-state index in [1.54, 1.807) is 18.3 Å². The SMILES string of the molecule is O=C(CO)NCc1cccc(-c2cnc(-c3ccc(Cl)c(Cl)c3)[nH]2)c1. The van der Waals surface area contributed by atoms with Gasteiger partial charge in [0.05, 0.1) is 21.9 Å². The molecule has 1 heterocycles. The third kappa shape index (κ3) is 4.20. The van der Waals surface area contributed by atoms with Crippen LogP contribution < -0.4 is 5.32 Å². The van der Waals surface area contributed by atoms with Gasteiger partial charge in [-0.1, -0.05) is 41.4 Å². The maximum atomic E-state index is 11.2. The number of aromatic amines is 1. The topological polar surface area (TPSA) is 78.0 Å². The molecule has 3 rings (SSSR count). The minimum absolute atomic E-state index is 0.348. The fourth-order valence-electron chi connectivity index (χ4n) is 2.36. The van der Waals surface area contributed by atoms with Crippen LogP contribution in [0, 0.1) is 0 Å². The molecule has 0 aliphatic rings. The van der Waals surface area contributed by atoms with Gasteiger partial charge in [-0.2, -0.15) is 0 Å². The summed E-state index contributed by atoms with van der Waals surface area (Å²) in [4.78, 5) is 18.8. The molecule has 0 bridgehead atoms. The van der Waals surface area contributed by atoms with Crippen molar-refractivity contribution in [3.63, 3.8) is 0 Å². The van der Waals surface area contributed by atoms with Crippen molar-refractivity contribution in [1.82, 2.24) is 15.3 Å². The van der Waals surface area contributed by atoms with Crippen LogP contribution in [0.2, 0.25) is 10.0 Å². The largest absolute Gasteiger partial charge is 0.387 e. The summed E-state index contributed by atoms with van der Waals surface area (Å²) in [5.74, 6) is 0.279. The number of amides is 1. The molecule has 5 nitrogen and oxygen atoms in total. The summed E-state index contributed by atoms with van der Waals surface area (Å²) in [5.41, 5.74) is 3.54. The lowest BCUT2D eigenvalue weighted by atomic mass is 10.1. The zero-order chi connectivity index (χ0) is 17.8. The Hall–Kier alpha value is -2.34. The lowest BCUT2D eigenvalue weighted by molar-refractivity contribution is -0.123. The summed E-state index contributed by atoms with van der Waals surface area (Å²) in [6, 6.07) is 13.0. The van der Waals surface area contributed by atoms with Gasteiger partial charge < -0.3 is 15.4 Å². The molecule has 0 spiro atoms. The highest BCUT2D eigenvalue weighted by Crippen LogP contribution is 2.28. The van der Waals surface area contributed by atoms with Crippen LogP contribution in [0.1, 0.15) is 5.56 Å². The summed E-state index contributed by atoms with van der Waals surface area (Å²) >= 11 is 12.0. The van der Waals surface area contributed by atoms with Gasteiger partial charge in [-0.3, -0.25) is 4.79 Å². The van der Waals surface area contributed by atoms with Crippen molar-refractivity contribution in [2.45, 2.75) is 6.54 Å². The number of carbonyl (C=O) groups excluding carboxylic acids is 1. The predicted molar refractivity (Wildman–Crippen MR) is 98.4 cm³/mol. The first-order valence-electron chi connectivity index (χ1n) is 7.54. The second kappa shape index (κ2) is 7.70. The maximum absolute atomic E-state index is 11.2. The van der Waals surface area contributed by atoms with E-state index < -0.39 is 12.5 Å². The van der Waals surface area contributed by atoms with Crippen molar-refractivity contribution in [3.8, 4) is 22.6 Å². The summed E-state index contributed by atoms with van der Waals surface area (Å²) in [6.07, 6.45) is 1.74. The molecule has 0 aliphatic heterocycles. The Morgan fingerprint density at radius 3 is 2.72 bits per heavy atom. The molecule has 128 valence electrons. The van der Waals surface area contributed by atoms with Crippen molar-refractivity contribution in [2.75, 3.05) is 6.61 Å². The lowest BCUT2D eigenvalue weighted by Crippen LogP contribution is -2.25. The molecule has 0 fully saturated rings. The molecular formula is C18H15Cl2N3O2. The van der Waals surface area contributed by atoms with Gasteiger partial charge in [-0.05, 0) is 35.4 Å². The molecule has 0 unspecified atom stereocenters. The van der Waals surface area contributed by atoms with E-state index in [9.17, 15) is 4.79 Å². The first-order chi connectivity index (χ1) is 12.1. The Kier molecular flexibility index (Phi) is 5.38. The van der Waals surface area contributed by atoms with Crippen molar-refractivity contribution in [2.24, 2.45) is 0 Å². The van der Waals surface area contributed by atoms with Crippen LogP contribution in [0.15, 0.2) is 48.7 Å². The van der Waals surface area contributed by atoms with Gasteiger partial charge in [-0.15, -0.1) is 0 Å². The number of imidazole rings is 1. The molecule has 0 radical (unpaired) electrons. The number of rotatable bonds is 5. The average Bonchev–Trinajstić information content (AvgIpc) is 3.12. The number of hydrogen-bond donors (Lipinski definition) is 3. The van der Waals surface area contributed by atoms with E-state index in [4.69, 9.17) is 28.3 Å². The number of nitrogens with one attached hydrogen (secondary N) is 2. The molecule has 7 heteroatoms. The summed E-state index contributed by atoms with van der Waals surface area (Å²) in [6.45, 7) is -0.172. The van der Waals surface area contributed by atoms with Gasteiger partial charge >= 0.3 is 0 Å². The number of aromatic nitrogens is 2. The molecule has 1 aromatic heterocycles. The molecule has 0 atom stereocenters. The van der Waals surface area contributed by atoms with Crippen molar-refractivity contribution >= 4 is 29.1 Å². The third-order valence-corrected chi connectivity index (χ3v) is 4.38. The summed E-state index contributed by atoms with van der Waals surface area (Å²) < 4.78 is 0. The zero-order valence-corrected chi connectivity index (χ0v) is 14.6. The number of benzene rings is 2. The van der Waals surface area contributed by atoms with Crippen LogP contribution in [0.25, 0.3) is 22.6 Å². The van der Waals surface area contributed by atoms with Crippen LogP contribution in [-0.2, 0) is 11.3 Å². The van der Waals surface area contributed by atoms with Gasteiger partial charge in [0.15, 0.2) is 0 Å². The number of nitrogens with zero attached hydrogens (tertiary/aromatic N) is 1. The molecule has 2 aromatic carbocycles. The molecular weight excluding hydrogens is 361 g/mol. The Morgan fingerprint density at radius 1 is 1.12 bits per heavy atom. The summed E-state index contributed by atoms with van der Waals surface area (Å²) in [5, 5.41) is 12.3. The maximum Gasteiger partial charge on any atom is 0.245 e. The van der Waals surface area contributed by atoms with Crippen LogP contribution in [0.5, 0.6) is 0 Å². The number of hydrogen-bond acceptors (Lipinski definition) is 3. The number of carbonyl (C=O) groups is 1. The zero-order valence-electron chi connectivity index (χ0n) is 13.1. The Morgan fingerprint density at radius 2 is 1.96 bits per heavy atom. The van der Waals surface area contributed by atoms with E-state index in [1.807, 2.05) is 30.3 Å². The Balaban J connectivity index is 1.82. The minimum atomic E-state index is -0.521. The molecule has 25 heavy (non-hydrogen) atoms. The second-order valence-electron chi connectivity index (χ2n) is 5.41. The molecule has 1 amide bonds. The van der Waals surface area contributed by atoms with Gasteiger partial charge in [0.1, 0.15) is 12.4 Å². The first kappa shape index (κ1) is 17.5. The smallest absolute Gasteiger partial charge is 0.245 e. The second-order valence-corrected chi connectivity index (χ2v) is 6.22. The minimum Gasteiger partial charge on any atom is -0.387 e. The van der Waals surface area contributed by atoms with Crippen LogP contribution in [-0.4, -0.2) is 27.6 Å². The highest BCUT2D eigenvalue weighted by molar-refractivity contribution is 6.42.